The number of hydrogen-bond donors (Lipinski definition) is 3. The quantitative estimate of drug-likeness (QED) is 0.802. The van der Waals surface area contributed by atoms with Crippen molar-refractivity contribution in [3.63, 3.8) is 0 Å². The van der Waals surface area contributed by atoms with Gasteiger partial charge in [-0.25, -0.2) is 4.39 Å². The Kier molecular flexibility index (Phi) is 4.32. The Hall–Kier alpha value is -2.40. The van der Waals surface area contributed by atoms with Gasteiger partial charge in [0.2, 0.25) is 5.91 Å². The molecule has 1 amide bonds. The molecule has 0 unspecified atom stereocenters. The second-order valence-electron chi connectivity index (χ2n) is 4.39. The molecule has 0 spiro atoms. The first-order valence-electron chi connectivity index (χ1n) is 6.21. The molecular formula is C15H16FN3O. The molecule has 0 bridgehead atoms. The van der Waals surface area contributed by atoms with E-state index in [1.807, 2.05) is 12.1 Å². The average Bonchev–Trinajstić information content (AvgIpc) is 2.40. The maximum absolute atomic E-state index is 13.1. The molecule has 2 aromatic carbocycles. The smallest absolute Gasteiger partial charge is 0.221 e. The van der Waals surface area contributed by atoms with E-state index in [0.717, 1.165) is 11.4 Å². The summed E-state index contributed by atoms with van der Waals surface area (Å²) in [7, 11) is 0. The van der Waals surface area contributed by atoms with Crippen LogP contribution in [0.4, 0.5) is 21.5 Å². The van der Waals surface area contributed by atoms with Gasteiger partial charge in [-0.3, -0.25) is 4.79 Å². The standard InChI is InChI=1S/C15H16FN3O/c1-10(20)18-13-3-2-4-14(8-13)19-15-6-5-12(16)7-11(15)9-17/h2-8,19H,9,17H2,1H3,(H,18,20). The Bertz CT molecular complexity index is 628. The summed E-state index contributed by atoms with van der Waals surface area (Å²) in [5, 5.41) is 5.87. The second kappa shape index (κ2) is 6.16. The molecule has 0 aromatic heterocycles. The molecule has 0 saturated heterocycles. The van der Waals surface area contributed by atoms with Crippen molar-refractivity contribution in [1.29, 1.82) is 0 Å². The average molecular weight is 273 g/mol. The number of benzene rings is 2. The Labute approximate surface area is 116 Å². The Balaban J connectivity index is 2.23. The number of hydrogen-bond acceptors (Lipinski definition) is 3. The number of carbonyl (C=O) groups is 1. The molecule has 0 atom stereocenters. The van der Waals surface area contributed by atoms with Gasteiger partial charge in [0.1, 0.15) is 5.82 Å². The largest absolute Gasteiger partial charge is 0.355 e. The summed E-state index contributed by atoms with van der Waals surface area (Å²) in [6, 6.07) is 11.7. The molecule has 2 rings (SSSR count). The van der Waals surface area contributed by atoms with Crippen LogP contribution in [0.1, 0.15) is 12.5 Å². The van der Waals surface area contributed by atoms with Gasteiger partial charge >= 0.3 is 0 Å². The Morgan fingerprint density at radius 3 is 2.65 bits per heavy atom. The van der Waals surface area contributed by atoms with E-state index < -0.39 is 0 Å². The number of nitrogens with one attached hydrogen (secondary N) is 2. The van der Waals surface area contributed by atoms with Gasteiger partial charge in [0.05, 0.1) is 0 Å². The van der Waals surface area contributed by atoms with Crippen molar-refractivity contribution in [3.8, 4) is 0 Å². The van der Waals surface area contributed by atoms with E-state index in [2.05, 4.69) is 10.6 Å². The molecule has 104 valence electrons. The maximum Gasteiger partial charge on any atom is 0.221 e. The minimum atomic E-state index is -0.317. The lowest BCUT2D eigenvalue weighted by Gasteiger charge is -2.12. The lowest BCUT2D eigenvalue weighted by molar-refractivity contribution is -0.114. The number of amides is 1. The molecule has 0 fully saturated rings. The van der Waals surface area contributed by atoms with Crippen molar-refractivity contribution in [2.24, 2.45) is 5.73 Å². The van der Waals surface area contributed by atoms with E-state index in [4.69, 9.17) is 5.73 Å². The van der Waals surface area contributed by atoms with Gasteiger partial charge in [-0.05, 0) is 42.0 Å². The van der Waals surface area contributed by atoms with Gasteiger partial charge in [-0.15, -0.1) is 0 Å². The zero-order valence-corrected chi connectivity index (χ0v) is 11.1. The van der Waals surface area contributed by atoms with Crippen LogP contribution in [0, 0.1) is 5.82 Å². The molecule has 4 nitrogen and oxygen atoms in total. The molecule has 5 heteroatoms. The van der Waals surface area contributed by atoms with Crippen molar-refractivity contribution < 1.29 is 9.18 Å². The first-order valence-corrected chi connectivity index (χ1v) is 6.21. The summed E-state index contributed by atoms with van der Waals surface area (Å²) in [4.78, 5) is 11.0. The van der Waals surface area contributed by atoms with E-state index in [9.17, 15) is 9.18 Å². The fourth-order valence-corrected chi connectivity index (χ4v) is 1.89. The predicted molar refractivity (Wildman–Crippen MR) is 78.3 cm³/mol. The highest BCUT2D eigenvalue weighted by molar-refractivity contribution is 5.89. The highest BCUT2D eigenvalue weighted by atomic mass is 19.1. The predicted octanol–water partition coefficient (Wildman–Crippen LogP) is 2.99. The lowest BCUT2D eigenvalue weighted by Crippen LogP contribution is -2.06. The normalized spacial score (nSPS) is 10.2. The molecule has 0 aliphatic rings. The van der Waals surface area contributed by atoms with Crippen LogP contribution in [0.3, 0.4) is 0 Å². The van der Waals surface area contributed by atoms with Crippen LogP contribution in [-0.4, -0.2) is 5.91 Å². The van der Waals surface area contributed by atoms with Crippen molar-refractivity contribution >= 4 is 23.0 Å². The minimum absolute atomic E-state index is 0.133. The first kappa shape index (κ1) is 14.0. The van der Waals surface area contributed by atoms with Crippen molar-refractivity contribution in [2.45, 2.75) is 13.5 Å². The lowest BCUT2D eigenvalue weighted by atomic mass is 10.1. The van der Waals surface area contributed by atoms with Gasteiger partial charge in [-0.1, -0.05) is 6.07 Å². The molecule has 0 aliphatic heterocycles. The molecule has 0 radical (unpaired) electrons. The molecule has 0 aliphatic carbocycles. The zero-order chi connectivity index (χ0) is 14.5. The van der Waals surface area contributed by atoms with Crippen LogP contribution in [0.15, 0.2) is 42.5 Å². The number of rotatable bonds is 4. The highest BCUT2D eigenvalue weighted by Crippen LogP contribution is 2.23. The van der Waals surface area contributed by atoms with Crippen LogP contribution in [0.2, 0.25) is 0 Å². The van der Waals surface area contributed by atoms with E-state index >= 15 is 0 Å². The third kappa shape index (κ3) is 3.55. The Morgan fingerprint density at radius 2 is 1.95 bits per heavy atom. The number of anilines is 3. The number of carbonyl (C=O) groups excluding carboxylic acids is 1. The van der Waals surface area contributed by atoms with Crippen LogP contribution in [-0.2, 0) is 11.3 Å². The summed E-state index contributed by atoms with van der Waals surface area (Å²) < 4.78 is 13.1. The minimum Gasteiger partial charge on any atom is -0.355 e. The molecule has 20 heavy (non-hydrogen) atoms. The van der Waals surface area contributed by atoms with E-state index in [1.165, 1.54) is 19.1 Å². The third-order valence-electron chi connectivity index (χ3n) is 2.75. The second-order valence-corrected chi connectivity index (χ2v) is 4.39. The van der Waals surface area contributed by atoms with E-state index in [1.54, 1.807) is 18.2 Å². The number of nitrogens with two attached hydrogens (primary N) is 1. The van der Waals surface area contributed by atoms with Gasteiger partial charge < -0.3 is 16.4 Å². The van der Waals surface area contributed by atoms with Gasteiger partial charge in [0, 0.05) is 30.5 Å². The van der Waals surface area contributed by atoms with Crippen LogP contribution >= 0.6 is 0 Å². The van der Waals surface area contributed by atoms with Crippen molar-refractivity contribution in [3.05, 3.63) is 53.8 Å². The maximum atomic E-state index is 13.1. The SMILES string of the molecule is CC(=O)Nc1cccc(Nc2ccc(F)cc2CN)c1. The third-order valence-corrected chi connectivity index (χ3v) is 2.75. The van der Waals surface area contributed by atoms with Crippen molar-refractivity contribution in [2.75, 3.05) is 10.6 Å². The molecule has 2 aromatic rings. The molecule has 4 N–H and O–H groups in total. The topological polar surface area (TPSA) is 67.2 Å². The highest BCUT2D eigenvalue weighted by Gasteiger charge is 2.04. The summed E-state index contributed by atoms with van der Waals surface area (Å²) >= 11 is 0. The monoisotopic (exact) mass is 273 g/mol. The van der Waals surface area contributed by atoms with Crippen LogP contribution < -0.4 is 16.4 Å². The zero-order valence-electron chi connectivity index (χ0n) is 11.1. The van der Waals surface area contributed by atoms with E-state index in [0.29, 0.717) is 11.3 Å². The van der Waals surface area contributed by atoms with Crippen LogP contribution in [0.5, 0.6) is 0 Å². The first-order chi connectivity index (χ1) is 9.58. The van der Waals surface area contributed by atoms with Gasteiger partial charge in [0.15, 0.2) is 0 Å². The summed E-state index contributed by atoms with van der Waals surface area (Å²) in [6.07, 6.45) is 0. The Morgan fingerprint density at radius 1 is 1.20 bits per heavy atom. The molecule has 0 saturated carbocycles. The fourth-order valence-electron chi connectivity index (χ4n) is 1.89. The number of halogens is 1. The van der Waals surface area contributed by atoms with Gasteiger partial charge in [0.25, 0.3) is 0 Å². The molecule has 0 heterocycles. The van der Waals surface area contributed by atoms with E-state index in [-0.39, 0.29) is 18.3 Å². The fraction of sp³-hybridized carbons (Fsp3) is 0.133. The summed E-state index contributed by atoms with van der Waals surface area (Å²) in [5.41, 5.74) is 8.52. The van der Waals surface area contributed by atoms with Crippen LogP contribution in [0.25, 0.3) is 0 Å². The van der Waals surface area contributed by atoms with Crippen molar-refractivity contribution in [1.82, 2.24) is 0 Å². The van der Waals surface area contributed by atoms with Gasteiger partial charge in [-0.2, -0.15) is 0 Å². The molecular weight excluding hydrogens is 257 g/mol. The summed E-state index contributed by atoms with van der Waals surface area (Å²) in [6.45, 7) is 1.69. The summed E-state index contributed by atoms with van der Waals surface area (Å²) in [5.74, 6) is -0.449.